The highest BCUT2D eigenvalue weighted by molar-refractivity contribution is 5.81. The van der Waals surface area contributed by atoms with Gasteiger partial charge in [0.1, 0.15) is 0 Å². The summed E-state index contributed by atoms with van der Waals surface area (Å²) >= 11 is 0. The van der Waals surface area contributed by atoms with E-state index in [2.05, 4.69) is 10.6 Å². The molecule has 0 saturated heterocycles. The lowest BCUT2D eigenvalue weighted by Gasteiger charge is -2.18. The van der Waals surface area contributed by atoms with Gasteiger partial charge in [-0.3, -0.25) is 4.79 Å². The Hall–Kier alpha value is -1.69. The fraction of sp³-hybridized carbons (Fsp3) is 0.562. The third kappa shape index (κ3) is 3.94. The van der Waals surface area contributed by atoms with Gasteiger partial charge in [0, 0.05) is 18.2 Å². The van der Waals surface area contributed by atoms with Crippen molar-refractivity contribution in [2.45, 2.75) is 51.2 Å². The number of rotatable bonds is 6. The Morgan fingerprint density at radius 3 is 2.64 bits per heavy atom. The molecule has 1 atom stereocenters. The van der Waals surface area contributed by atoms with Crippen LogP contribution in [0.3, 0.4) is 0 Å². The smallest absolute Gasteiger partial charge is 0.237 e. The molecule has 1 aromatic rings. The van der Waals surface area contributed by atoms with Gasteiger partial charge >= 0.3 is 0 Å². The largest absolute Gasteiger partial charge is 0.494 e. The lowest BCUT2D eigenvalue weighted by Crippen LogP contribution is -2.45. The van der Waals surface area contributed by atoms with Crippen molar-refractivity contribution in [2.75, 3.05) is 7.11 Å². The normalized spacial score (nSPS) is 16.5. The van der Waals surface area contributed by atoms with Gasteiger partial charge in [-0.2, -0.15) is 4.39 Å². The number of carbonyl (C=O) groups excluding carboxylic acids is 1. The van der Waals surface area contributed by atoms with E-state index >= 15 is 0 Å². The quantitative estimate of drug-likeness (QED) is 0.848. The first-order valence-corrected chi connectivity index (χ1v) is 7.57. The molecule has 2 N–H and O–H groups in total. The van der Waals surface area contributed by atoms with Gasteiger partial charge in [0.25, 0.3) is 0 Å². The summed E-state index contributed by atoms with van der Waals surface area (Å²) in [5, 5.41) is 5.89. The van der Waals surface area contributed by atoms with Crippen molar-refractivity contribution in [3.63, 3.8) is 0 Å². The molecular formula is C16H22F2N2O2. The molecule has 0 heterocycles. The third-order valence-electron chi connectivity index (χ3n) is 4.04. The molecule has 1 fully saturated rings. The minimum absolute atomic E-state index is 0.0754. The second-order valence-electron chi connectivity index (χ2n) is 5.65. The van der Waals surface area contributed by atoms with E-state index in [4.69, 9.17) is 4.74 Å². The molecule has 1 aromatic carbocycles. The van der Waals surface area contributed by atoms with Gasteiger partial charge in [0.15, 0.2) is 11.6 Å². The fourth-order valence-electron chi connectivity index (χ4n) is 2.62. The van der Waals surface area contributed by atoms with Crippen LogP contribution in [-0.4, -0.2) is 25.1 Å². The number of benzene rings is 1. The first-order chi connectivity index (χ1) is 10.5. The van der Waals surface area contributed by atoms with E-state index in [1.165, 1.54) is 19.2 Å². The molecule has 0 radical (unpaired) electrons. The van der Waals surface area contributed by atoms with Crippen LogP contribution >= 0.6 is 0 Å². The number of hydrogen-bond acceptors (Lipinski definition) is 3. The average Bonchev–Trinajstić information content (AvgIpc) is 3.01. The molecule has 0 bridgehead atoms. The Labute approximate surface area is 129 Å². The molecule has 0 aliphatic heterocycles. The number of hydrogen-bond donors (Lipinski definition) is 2. The van der Waals surface area contributed by atoms with Crippen molar-refractivity contribution in [1.29, 1.82) is 0 Å². The summed E-state index contributed by atoms with van der Waals surface area (Å²) in [6.07, 6.45) is 4.31. The Morgan fingerprint density at radius 2 is 2.00 bits per heavy atom. The van der Waals surface area contributed by atoms with Crippen molar-refractivity contribution < 1.29 is 18.3 Å². The summed E-state index contributed by atoms with van der Waals surface area (Å²) in [6, 6.07) is 2.60. The topological polar surface area (TPSA) is 50.4 Å². The van der Waals surface area contributed by atoms with Crippen molar-refractivity contribution >= 4 is 5.91 Å². The predicted molar refractivity (Wildman–Crippen MR) is 79.6 cm³/mol. The van der Waals surface area contributed by atoms with Crippen LogP contribution in [0.2, 0.25) is 0 Å². The van der Waals surface area contributed by atoms with Crippen LogP contribution in [0.5, 0.6) is 5.75 Å². The lowest BCUT2D eigenvalue weighted by molar-refractivity contribution is -0.123. The maximum atomic E-state index is 13.8. The zero-order valence-electron chi connectivity index (χ0n) is 12.9. The second-order valence-corrected chi connectivity index (χ2v) is 5.65. The highest BCUT2D eigenvalue weighted by Gasteiger charge is 2.21. The Balaban J connectivity index is 1.89. The van der Waals surface area contributed by atoms with Crippen molar-refractivity contribution in [3.05, 3.63) is 29.3 Å². The monoisotopic (exact) mass is 312 g/mol. The van der Waals surface area contributed by atoms with Crippen LogP contribution < -0.4 is 15.4 Å². The van der Waals surface area contributed by atoms with Crippen LogP contribution in [0.4, 0.5) is 8.78 Å². The molecule has 1 amide bonds. The summed E-state index contributed by atoms with van der Waals surface area (Å²) < 4.78 is 32.2. The maximum Gasteiger partial charge on any atom is 0.237 e. The second kappa shape index (κ2) is 7.54. The van der Waals surface area contributed by atoms with Gasteiger partial charge in [0.05, 0.1) is 13.2 Å². The molecule has 0 aromatic heterocycles. The third-order valence-corrected chi connectivity index (χ3v) is 4.04. The molecule has 6 heteroatoms. The molecule has 1 unspecified atom stereocenters. The molecule has 22 heavy (non-hydrogen) atoms. The first kappa shape index (κ1) is 16.7. The van der Waals surface area contributed by atoms with E-state index in [0.29, 0.717) is 0 Å². The summed E-state index contributed by atoms with van der Waals surface area (Å²) in [7, 11) is 1.28. The van der Waals surface area contributed by atoms with Gasteiger partial charge in [-0.05, 0) is 25.8 Å². The van der Waals surface area contributed by atoms with E-state index in [9.17, 15) is 13.6 Å². The number of nitrogens with one attached hydrogen (secondary N) is 2. The van der Waals surface area contributed by atoms with Crippen molar-refractivity contribution in [3.8, 4) is 5.75 Å². The lowest BCUT2D eigenvalue weighted by atomic mass is 10.1. The molecule has 1 aliphatic rings. The van der Waals surface area contributed by atoms with Gasteiger partial charge in [-0.15, -0.1) is 0 Å². The Morgan fingerprint density at radius 1 is 1.32 bits per heavy atom. The molecule has 1 saturated carbocycles. The summed E-state index contributed by atoms with van der Waals surface area (Å²) in [5.41, 5.74) is 0.166. The van der Waals surface area contributed by atoms with Crippen LogP contribution in [0, 0.1) is 11.6 Å². The van der Waals surface area contributed by atoms with Crippen LogP contribution in [-0.2, 0) is 11.3 Å². The molecular weight excluding hydrogens is 290 g/mol. The van der Waals surface area contributed by atoms with Crippen LogP contribution in [0.15, 0.2) is 12.1 Å². The Bertz CT molecular complexity index is 531. The van der Waals surface area contributed by atoms with E-state index in [0.717, 1.165) is 25.7 Å². The van der Waals surface area contributed by atoms with Crippen molar-refractivity contribution in [2.24, 2.45) is 0 Å². The van der Waals surface area contributed by atoms with Gasteiger partial charge < -0.3 is 15.4 Å². The molecule has 2 rings (SSSR count). The minimum Gasteiger partial charge on any atom is -0.494 e. The number of methoxy groups -OCH3 is 1. The zero-order chi connectivity index (χ0) is 16.1. The van der Waals surface area contributed by atoms with E-state index in [-0.39, 0.29) is 29.8 Å². The molecule has 1 aliphatic carbocycles. The summed E-state index contributed by atoms with van der Waals surface area (Å²) in [4.78, 5) is 12.0. The number of amides is 1. The SMILES string of the molecule is COc1ccc(CNC(C)C(=O)NC2CCCC2)c(F)c1F. The highest BCUT2D eigenvalue weighted by Crippen LogP contribution is 2.22. The molecule has 122 valence electrons. The predicted octanol–water partition coefficient (Wildman–Crippen LogP) is 2.51. The molecule has 0 spiro atoms. The van der Waals surface area contributed by atoms with Crippen LogP contribution in [0.1, 0.15) is 38.2 Å². The minimum atomic E-state index is -1.01. The van der Waals surface area contributed by atoms with E-state index < -0.39 is 17.7 Å². The highest BCUT2D eigenvalue weighted by atomic mass is 19.2. The van der Waals surface area contributed by atoms with E-state index in [1.807, 2.05) is 0 Å². The average molecular weight is 312 g/mol. The van der Waals surface area contributed by atoms with Gasteiger partial charge in [-0.25, -0.2) is 4.39 Å². The summed E-state index contributed by atoms with van der Waals surface area (Å²) in [6.45, 7) is 1.79. The van der Waals surface area contributed by atoms with E-state index in [1.54, 1.807) is 6.92 Å². The van der Waals surface area contributed by atoms with Crippen molar-refractivity contribution in [1.82, 2.24) is 10.6 Å². The summed E-state index contributed by atoms with van der Waals surface area (Å²) in [5.74, 6) is -2.20. The Kier molecular flexibility index (Phi) is 5.71. The number of ether oxygens (including phenoxy) is 1. The standard InChI is InChI=1S/C16H22F2N2O2/c1-10(16(21)20-12-5-3-4-6-12)19-9-11-7-8-13(22-2)15(18)14(11)17/h7-8,10,12,19H,3-6,9H2,1-2H3,(H,20,21). The maximum absolute atomic E-state index is 13.8. The zero-order valence-corrected chi connectivity index (χ0v) is 12.9. The molecule has 4 nitrogen and oxygen atoms in total. The number of halogens is 2. The fourth-order valence-corrected chi connectivity index (χ4v) is 2.62. The van der Waals surface area contributed by atoms with Gasteiger partial charge in [0.2, 0.25) is 11.7 Å². The van der Waals surface area contributed by atoms with Gasteiger partial charge in [-0.1, -0.05) is 18.9 Å². The number of carbonyl (C=O) groups is 1. The van der Waals surface area contributed by atoms with Crippen LogP contribution in [0.25, 0.3) is 0 Å². The first-order valence-electron chi connectivity index (χ1n) is 7.57.